The van der Waals surface area contributed by atoms with Crippen molar-refractivity contribution in [2.45, 2.75) is 51.5 Å². The van der Waals surface area contributed by atoms with Crippen molar-refractivity contribution in [1.82, 2.24) is 9.78 Å². The largest absolute Gasteiger partial charge is 0.324 e. The number of aryl methyl sites for hydroxylation is 2. The first-order valence-electron chi connectivity index (χ1n) is 6.58. The molecule has 3 nitrogen and oxygen atoms in total. The number of hydrogen-bond donors (Lipinski definition) is 1. The van der Waals surface area contributed by atoms with E-state index >= 15 is 0 Å². The number of unbranched alkanes of at least 4 members (excludes halogenated alkanes) is 3. The van der Waals surface area contributed by atoms with Crippen molar-refractivity contribution in [3.63, 3.8) is 0 Å². The van der Waals surface area contributed by atoms with Crippen molar-refractivity contribution in [1.29, 1.82) is 0 Å². The molecule has 0 spiro atoms. The smallest absolute Gasteiger partial charge is 0.0669 e. The monoisotopic (exact) mass is 235 g/mol. The molecule has 0 aliphatic rings. The fourth-order valence-corrected chi connectivity index (χ4v) is 2.12. The van der Waals surface area contributed by atoms with Crippen molar-refractivity contribution >= 4 is 0 Å². The van der Waals surface area contributed by atoms with Crippen molar-refractivity contribution in [2.24, 2.45) is 12.8 Å². The first kappa shape index (κ1) is 14.0. The summed E-state index contributed by atoms with van der Waals surface area (Å²) in [7, 11) is 1.96. The average Bonchev–Trinajstić information content (AvgIpc) is 2.70. The van der Waals surface area contributed by atoms with E-state index in [-0.39, 0.29) is 6.04 Å². The molecule has 0 fully saturated rings. The van der Waals surface area contributed by atoms with Crippen LogP contribution in [-0.4, -0.2) is 9.78 Å². The van der Waals surface area contributed by atoms with Gasteiger partial charge in [-0.2, -0.15) is 5.10 Å². The molecule has 3 heteroatoms. The number of aromatic nitrogens is 2. The zero-order valence-electron chi connectivity index (χ0n) is 11.2. The number of nitrogens with zero attached hydrogens (tertiary/aromatic N) is 2. The molecule has 0 saturated heterocycles. The minimum Gasteiger partial charge on any atom is -0.324 e. The van der Waals surface area contributed by atoms with Gasteiger partial charge in [0.2, 0.25) is 0 Å². The van der Waals surface area contributed by atoms with Crippen LogP contribution in [0.25, 0.3) is 0 Å². The summed E-state index contributed by atoms with van der Waals surface area (Å²) in [5.74, 6) is 0. The lowest BCUT2D eigenvalue weighted by atomic mass is 10.0. The third-order valence-electron chi connectivity index (χ3n) is 3.10. The van der Waals surface area contributed by atoms with Crippen molar-refractivity contribution in [3.05, 3.63) is 30.1 Å². The Morgan fingerprint density at radius 2 is 2.24 bits per heavy atom. The molecule has 17 heavy (non-hydrogen) atoms. The molecular weight excluding hydrogens is 210 g/mol. The summed E-state index contributed by atoms with van der Waals surface area (Å²) >= 11 is 0. The van der Waals surface area contributed by atoms with E-state index in [0.717, 1.165) is 25.0 Å². The lowest BCUT2D eigenvalue weighted by Gasteiger charge is -2.10. The van der Waals surface area contributed by atoms with Crippen LogP contribution in [0.1, 0.15) is 56.3 Å². The molecule has 0 saturated carbocycles. The molecule has 1 aromatic heterocycles. The fourth-order valence-electron chi connectivity index (χ4n) is 2.12. The molecule has 1 unspecified atom stereocenters. The second-order valence-corrected chi connectivity index (χ2v) is 4.59. The number of hydrogen-bond acceptors (Lipinski definition) is 2. The van der Waals surface area contributed by atoms with Gasteiger partial charge in [0.1, 0.15) is 0 Å². The van der Waals surface area contributed by atoms with E-state index in [4.69, 9.17) is 5.73 Å². The van der Waals surface area contributed by atoms with Crippen LogP contribution in [0.15, 0.2) is 18.9 Å². The summed E-state index contributed by atoms with van der Waals surface area (Å²) in [6.07, 6.45) is 10.8. The van der Waals surface area contributed by atoms with E-state index in [9.17, 15) is 0 Å². The molecule has 96 valence electrons. The molecule has 0 radical (unpaired) electrons. The van der Waals surface area contributed by atoms with Gasteiger partial charge in [-0.3, -0.25) is 4.68 Å². The van der Waals surface area contributed by atoms with Crippen molar-refractivity contribution in [2.75, 3.05) is 0 Å². The molecule has 1 heterocycles. The van der Waals surface area contributed by atoms with Crippen LogP contribution in [0.2, 0.25) is 0 Å². The summed E-state index contributed by atoms with van der Waals surface area (Å²) in [5.41, 5.74) is 8.59. The minimum absolute atomic E-state index is 0.141. The maximum Gasteiger partial charge on any atom is 0.0669 e. The molecule has 0 bridgehead atoms. The van der Waals surface area contributed by atoms with Gasteiger partial charge in [-0.1, -0.05) is 25.8 Å². The Morgan fingerprint density at radius 1 is 1.47 bits per heavy atom. The maximum atomic E-state index is 6.23. The van der Waals surface area contributed by atoms with E-state index < -0.39 is 0 Å². The maximum absolute atomic E-state index is 6.23. The highest BCUT2D eigenvalue weighted by atomic mass is 15.3. The van der Waals surface area contributed by atoms with Crippen LogP contribution in [0.4, 0.5) is 0 Å². The fraction of sp³-hybridized carbons (Fsp3) is 0.643. The highest BCUT2D eigenvalue weighted by Gasteiger charge is 2.13. The molecule has 1 rings (SSSR count). The summed E-state index contributed by atoms with van der Waals surface area (Å²) in [6, 6.07) is 0.141. The number of rotatable bonds is 8. The molecule has 0 aliphatic heterocycles. The molecule has 0 aliphatic carbocycles. The van der Waals surface area contributed by atoms with E-state index in [2.05, 4.69) is 24.8 Å². The topological polar surface area (TPSA) is 43.8 Å². The average molecular weight is 235 g/mol. The van der Waals surface area contributed by atoms with E-state index in [1.807, 2.05) is 17.8 Å². The van der Waals surface area contributed by atoms with Gasteiger partial charge in [0.15, 0.2) is 0 Å². The third-order valence-corrected chi connectivity index (χ3v) is 3.10. The predicted octanol–water partition coefficient (Wildman–Crippen LogP) is 3.12. The lowest BCUT2D eigenvalue weighted by molar-refractivity contribution is 0.569. The molecular formula is C14H25N3. The number of allylic oxidation sites excluding steroid dienone is 1. The van der Waals surface area contributed by atoms with Gasteiger partial charge in [0.25, 0.3) is 0 Å². The van der Waals surface area contributed by atoms with Crippen molar-refractivity contribution < 1.29 is 0 Å². The first-order valence-corrected chi connectivity index (χ1v) is 6.58. The Labute approximate surface area is 105 Å². The Bertz CT molecular complexity index is 341. The quantitative estimate of drug-likeness (QED) is 0.556. The van der Waals surface area contributed by atoms with Crippen LogP contribution in [0.5, 0.6) is 0 Å². The van der Waals surface area contributed by atoms with Gasteiger partial charge >= 0.3 is 0 Å². The Kier molecular flexibility index (Phi) is 5.98. The first-order chi connectivity index (χ1) is 8.19. The molecule has 2 N–H and O–H groups in total. The zero-order valence-corrected chi connectivity index (χ0v) is 11.2. The van der Waals surface area contributed by atoms with Gasteiger partial charge in [0, 0.05) is 24.8 Å². The second-order valence-electron chi connectivity index (χ2n) is 4.59. The number of nitrogens with two attached hydrogens (primary N) is 1. The van der Waals surface area contributed by atoms with Gasteiger partial charge in [-0.25, -0.2) is 0 Å². The SMILES string of the molecule is C=CCCCCCC(N)c1cn(C)nc1CC. The van der Waals surface area contributed by atoms with Gasteiger partial charge in [-0.15, -0.1) is 6.58 Å². The standard InChI is InChI=1S/C14H25N3/c1-4-6-7-8-9-10-13(15)12-11-17(3)16-14(12)5-2/h4,11,13H,1,5-10,15H2,2-3H3. The lowest BCUT2D eigenvalue weighted by Crippen LogP contribution is -2.11. The molecule has 1 atom stereocenters. The Hall–Kier alpha value is -1.09. The van der Waals surface area contributed by atoms with Crippen LogP contribution in [0.3, 0.4) is 0 Å². The molecule has 0 aromatic carbocycles. The van der Waals surface area contributed by atoms with Crippen LogP contribution in [-0.2, 0) is 13.5 Å². The minimum atomic E-state index is 0.141. The normalized spacial score (nSPS) is 12.6. The zero-order chi connectivity index (χ0) is 12.7. The summed E-state index contributed by atoms with van der Waals surface area (Å²) in [6.45, 7) is 5.86. The summed E-state index contributed by atoms with van der Waals surface area (Å²) in [4.78, 5) is 0. The molecule has 0 amide bonds. The van der Waals surface area contributed by atoms with Gasteiger partial charge < -0.3 is 5.73 Å². The second kappa shape index (κ2) is 7.28. The van der Waals surface area contributed by atoms with Gasteiger partial charge in [-0.05, 0) is 25.7 Å². The predicted molar refractivity (Wildman–Crippen MR) is 72.8 cm³/mol. The van der Waals surface area contributed by atoms with Crippen molar-refractivity contribution in [3.8, 4) is 0 Å². The van der Waals surface area contributed by atoms with Crippen LogP contribution < -0.4 is 5.73 Å². The van der Waals surface area contributed by atoms with Gasteiger partial charge in [0.05, 0.1) is 5.69 Å². The highest BCUT2D eigenvalue weighted by molar-refractivity contribution is 5.20. The molecule has 1 aromatic rings. The Balaban J connectivity index is 2.40. The van der Waals surface area contributed by atoms with Crippen LogP contribution >= 0.6 is 0 Å². The van der Waals surface area contributed by atoms with E-state index in [1.54, 1.807) is 0 Å². The van der Waals surface area contributed by atoms with E-state index in [0.29, 0.717) is 0 Å². The Morgan fingerprint density at radius 3 is 2.88 bits per heavy atom. The summed E-state index contributed by atoms with van der Waals surface area (Å²) in [5, 5.41) is 4.43. The van der Waals surface area contributed by atoms with Crippen LogP contribution in [0, 0.1) is 0 Å². The summed E-state index contributed by atoms with van der Waals surface area (Å²) < 4.78 is 1.87. The van der Waals surface area contributed by atoms with E-state index in [1.165, 1.54) is 24.8 Å². The third kappa shape index (κ3) is 4.35. The highest BCUT2D eigenvalue weighted by Crippen LogP contribution is 2.20.